The summed E-state index contributed by atoms with van der Waals surface area (Å²) < 4.78 is 1.53. The van der Waals surface area contributed by atoms with Crippen molar-refractivity contribution >= 4 is 22.4 Å². The van der Waals surface area contributed by atoms with E-state index >= 15 is 0 Å². The fourth-order valence-electron chi connectivity index (χ4n) is 1.57. The van der Waals surface area contributed by atoms with E-state index in [1.165, 1.54) is 16.0 Å². The van der Waals surface area contributed by atoms with Gasteiger partial charge in [0.25, 0.3) is 0 Å². The van der Waals surface area contributed by atoms with E-state index in [9.17, 15) is 4.79 Å². The van der Waals surface area contributed by atoms with Crippen LogP contribution in [0, 0.1) is 0 Å². The van der Waals surface area contributed by atoms with Crippen LogP contribution in [0.4, 0.5) is 5.13 Å². The van der Waals surface area contributed by atoms with Crippen LogP contribution in [0.5, 0.6) is 0 Å². The molecule has 3 N–H and O–H groups in total. The summed E-state index contributed by atoms with van der Waals surface area (Å²) in [5, 5.41) is 13.0. The number of carbonyl (C=O) groups excluding carboxylic acids is 1. The van der Waals surface area contributed by atoms with Crippen LogP contribution in [0.25, 0.3) is 0 Å². The van der Waals surface area contributed by atoms with Gasteiger partial charge in [-0.2, -0.15) is 0 Å². The first-order valence-corrected chi connectivity index (χ1v) is 6.94. The molecule has 102 valence electrons. The number of nitrogens with zero attached hydrogens (tertiary/aromatic N) is 4. The molecule has 0 aliphatic carbocycles. The Kier molecular flexibility index (Phi) is 4.99. The van der Waals surface area contributed by atoms with Crippen molar-refractivity contribution in [3.63, 3.8) is 0 Å². The number of hydrogen-bond donors (Lipinski definition) is 2. The summed E-state index contributed by atoms with van der Waals surface area (Å²) in [4.78, 5) is 15.7. The molecule has 0 unspecified atom stereocenters. The van der Waals surface area contributed by atoms with Gasteiger partial charge in [-0.25, -0.2) is 9.67 Å². The van der Waals surface area contributed by atoms with Gasteiger partial charge in [0.15, 0.2) is 5.13 Å². The van der Waals surface area contributed by atoms with Gasteiger partial charge in [0.1, 0.15) is 6.54 Å². The van der Waals surface area contributed by atoms with Crippen molar-refractivity contribution in [1.29, 1.82) is 0 Å². The van der Waals surface area contributed by atoms with Gasteiger partial charge >= 0.3 is 0 Å². The molecule has 2 aromatic rings. The summed E-state index contributed by atoms with van der Waals surface area (Å²) in [6.45, 7) is 0.827. The second kappa shape index (κ2) is 6.95. The van der Waals surface area contributed by atoms with Crippen molar-refractivity contribution in [2.75, 3.05) is 11.9 Å². The quantitative estimate of drug-likeness (QED) is 0.726. The Balaban J connectivity index is 1.80. The number of carbonyl (C=O) groups is 1. The molecule has 1 amide bonds. The van der Waals surface area contributed by atoms with E-state index in [0.717, 1.165) is 25.0 Å². The van der Waals surface area contributed by atoms with Crippen LogP contribution in [0.3, 0.4) is 0 Å². The molecule has 0 aliphatic rings. The minimum Gasteiger partial charge on any atom is -0.330 e. The minimum absolute atomic E-state index is 0.142. The average molecular weight is 280 g/mol. The highest BCUT2D eigenvalue weighted by Crippen LogP contribution is 2.10. The lowest BCUT2D eigenvalue weighted by molar-refractivity contribution is -0.116. The molecule has 2 aromatic heterocycles. The van der Waals surface area contributed by atoms with Crippen LogP contribution in [-0.2, 0) is 17.8 Å². The number of aromatic nitrogens is 4. The van der Waals surface area contributed by atoms with Crippen LogP contribution >= 0.6 is 11.3 Å². The highest BCUT2D eigenvalue weighted by atomic mass is 32.1. The maximum Gasteiger partial charge on any atom is 0.247 e. The Morgan fingerprint density at radius 2 is 2.37 bits per heavy atom. The summed E-state index contributed by atoms with van der Waals surface area (Å²) in [7, 11) is 0. The van der Waals surface area contributed by atoms with Gasteiger partial charge in [-0.15, -0.1) is 16.4 Å². The SMILES string of the molecule is NCCCCc1cn(CC(=O)Nc2nccs2)nn1. The van der Waals surface area contributed by atoms with Gasteiger partial charge in [0, 0.05) is 17.8 Å². The summed E-state index contributed by atoms with van der Waals surface area (Å²) in [5.74, 6) is -0.159. The minimum atomic E-state index is -0.159. The molecular formula is C11H16N6OS. The van der Waals surface area contributed by atoms with Crippen molar-refractivity contribution in [2.24, 2.45) is 5.73 Å². The molecule has 7 nitrogen and oxygen atoms in total. The fourth-order valence-corrected chi connectivity index (χ4v) is 2.12. The van der Waals surface area contributed by atoms with E-state index in [1.807, 2.05) is 0 Å². The van der Waals surface area contributed by atoms with E-state index in [2.05, 4.69) is 20.6 Å². The van der Waals surface area contributed by atoms with Crippen LogP contribution in [0.1, 0.15) is 18.5 Å². The fraction of sp³-hybridized carbons (Fsp3) is 0.455. The van der Waals surface area contributed by atoms with Gasteiger partial charge in [-0.05, 0) is 25.8 Å². The largest absolute Gasteiger partial charge is 0.330 e. The smallest absolute Gasteiger partial charge is 0.247 e. The first-order valence-electron chi connectivity index (χ1n) is 6.06. The standard InChI is InChI=1S/C11H16N6OS/c12-4-2-1-3-9-7-17(16-15-9)8-10(18)14-11-13-5-6-19-11/h5-7H,1-4,8,12H2,(H,13,14,18). The summed E-state index contributed by atoms with van der Waals surface area (Å²) in [5.41, 5.74) is 6.31. The third-order valence-electron chi connectivity index (χ3n) is 2.46. The predicted octanol–water partition coefficient (Wildman–Crippen LogP) is 0.655. The highest BCUT2D eigenvalue weighted by Gasteiger charge is 2.07. The molecule has 2 rings (SSSR count). The lowest BCUT2D eigenvalue weighted by Gasteiger charge is -2.00. The molecule has 19 heavy (non-hydrogen) atoms. The number of thiazole rings is 1. The van der Waals surface area contributed by atoms with E-state index in [-0.39, 0.29) is 12.5 Å². The zero-order valence-corrected chi connectivity index (χ0v) is 11.3. The maximum atomic E-state index is 11.7. The van der Waals surface area contributed by atoms with Crippen molar-refractivity contribution in [2.45, 2.75) is 25.8 Å². The normalized spacial score (nSPS) is 10.6. The molecule has 0 aromatic carbocycles. The molecule has 0 radical (unpaired) electrons. The van der Waals surface area contributed by atoms with E-state index in [4.69, 9.17) is 5.73 Å². The predicted molar refractivity (Wildman–Crippen MR) is 72.8 cm³/mol. The number of amides is 1. The Morgan fingerprint density at radius 3 is 3.11 bits per heavy atom. The third-order valence-corrected chi connectivity index (χ3v) is 3.15. The van der Waals surface area contributed by atoms with Gasteiger partial charge in [0.2, 0.25) is 5.91 Å². The number of rotatable bonds is 7. The lowest BCUT2D eigenvalue weighted by Crippen LogP contribution is -2.18. The molecule has 0 fully saturated rings. The Bertz CT molecular complexity index is 509. The van der Waals surface area contributed by atoms with Gasteiger partial charge < -0.3 is 11.1 Å². The molecule has 2 heterocycles. The number of anilines is 1. The summed E-state index contributed by atoms with van der Waals surface area (Å²) >= 11 is 1.38. The van der Waals surface area contributed by atoms with Crippen molar-refractivity contribution in [3.05, 3.63) is 23.5 Å². The third kappa shape index (κ3) is 4.42. The van der Waals surface area contributed by atoms with Crippen molar-refractivity contribution in [3.8, 4) is 0 Å². The van der Waals surface area contributed by atoms with Gasteiger partial charge in [0.05, 0.1) is 5.69 Å². The maximum absolute atomic E-state index is 11.7. The number of aryl methyl sites for hydroxylation is 1. The zero-order chi connectivity index (χ0) is 13.5. The van der Waals surface area contributed by atoms with Crippen molar-refractivity contribution < 1.29 is 4.79 Å². The number of hydrogen-bond acceptors (Lipinski definition) is 6. The average Bonchev–Trinajstić information content (AvgIpc) is 3.02. The van der Waals surface area contributed by atoms with Crippen LogP contribution in [0.2, 0.25) is 0 Å². The summed E-state index contributed by atoms with van der Waals surface area (Å²) in [6, 6.07) is 0. The van der Waals surface area contributed by atoms with Gasteiger partial charge in [-0.3, -0.25) is 4.79 Å². The van der Waals surface area contributed by atoms with E-state index < -0.39 is 0 Å². The number of nitrogens with one attached hydrogen (secondary N) is 1. The number of nitrogens with two attached hydrogens (primary N) is 1. The Morgan fingerprint density at radius 1 is 1.47 bits per heavy atom. The molecule has 0 bridgehead atoms. The van der Waals surface area contributed by atoms with E-state index in [1.54, 1.807) is 17.8 Å². The molecular weight excluding hydrogens is 264 g/mol. The summed E-state index contributed by atoms with van der Waals surface area (Å²) in [6.07, 6.45) is 6.23. The molecule has 0 aliphatic heterocycles. The Labute approximate surface area is 114 Å². The van der Waals surface area contributed by atoms with E-state index in [0.29, 0.717) is 11.7 Å². The molecule has 0 saturated heterocycles. The first kappa shape index (κ1) is 13.6. The second-order valence-corrected chi connectivity index (χ2v) is 4.93. The highest BCUT2D eigenvalue weighted by molar-refractivity contribution is 7.13. The van der Waals surface area contributed by atoms with Crippen molar-refractivity contribution in [1.82, 2.24) is 20.0 Å². The molecule has 8 heteroatoms. The molecule has 0 atom stereocenters. The Hall–Kier alpha value is -1.80. The second-order valence-electron chi connectivity index (χ2n) is 4.04. The first-order chi connectivity index (χ1) is 9.28. The topological polar surface area (TPSA) is 98.7 Å². The van der Waals surface area contributed by atoms with Crippen LogP contribution in [-0.4, -0.2) is 32.4 Å². The lowest BCUT2D eigenvalue weighted by atomic mass is 10.2. The van der Waals surface area contributed by atoms with Crippen LogP contribution < -0.4 is 11.1 Å². The molecule has 0 spiro atoms. The van der Waals surface area contributed by atoms with Crippen LogP contribution in [0.15, 0.2) is 17.8 Å². The number of unbranched alkanes of at least 4 members (excludes halogenated alkanes) is 1. The molecule has 0 saturated carbocycles. The monoisotopic (exact) mass is 280 g/mol. The van der Waals surface area contributed by atoms with Gasteiger partial charge in [-0.1, -0.05) is 5.21 Å². The zero-order valence-electron chi connectivity index (χ0n) is 10.5.